The highest BCUT2D eigenvalue weighted by Gasteiger charge is 2.47. The van der Waals surface area contributed by atoms with Gasteiger partial charge < -0.3 is 4.74 Å². The number of nitrogens with zero attached hydrogens (tertiary/aromatic N) is 3. The number of rotatable bonds is 6. The zero-order valence-corrected chi connectivity index (χ0v) is 16.5. The van der Waals surface area contributed by atoms with Crippen LogP contribution in [0, 0.1) is 11.3 Å². The highest BCUT2D eigenvalue weighted by Crippen LogP contribution is 2.45. The van der Waals surface area contributed by atoms with Crippen LogP contribution >= 0.6 is 11.3 Å². The number of piperidine rings is 1. The molecule has 2 fully saturated rings. The van der Waals surface area contributed by atoms with E-state index in [0.717, 1.165) is 19.7 Å². The molecule has 0 radical (unpaired) electrons. The minimum atomic E-state index is 0.428. The van der Waals surface area contributed by atoms with Crippen LogP contribution in [0.3, 0.4) is 0 Å². The minimum Gasteiger partial charge on any atom is -0.384 e. The first kappa shape index (κ1) is 18.1. The van der Waals surface area contributed by atoms with Crippen molar-refractivity contribution in [3.8, 4) is 0 Å². The Hall–Kier alpha value is -1.27. The third-order valence-electron chi connectivity index (χ3n) is 6.22. The summed E-state index contributed by atoms with van der Waals surface area (Å²) in [5.41, 5.74) is 3.21. The molecule has 0 aromatic carbocycles. The summed E-state index contributed by atoms with van der Waals surface area (Å²) in [6.07, 6.45) is 6.41. The second kappa shape index (κ2) is 8.17. The monoisotopic (exact) mass is 371 g/mol. The lowest BCUT2D eigenvalue weighted by atomic mass is 9.71. The van der Waals surface area contributed by atoms with E-state index in [0.29, 0.717) is 11.3 Å². The van der Waals surface area contributed by atoms with E-state index in [9.17, 15) is 0 Å². The zero-order valence-electron chi connectivity index (χ0n) is 15.6. The fourth-order valence-corrected chi connectivity index (χ4v) is 5.47. The molecule has 0 N–H and O–H groups in total. The first-order chi connectivity index (χ1) is 12.8. The number of thiophene rings is 1. The van der Waals surface area contributed by atoms with Gasteiger partial charge in [-0.3, -0.25) is 14.8 Å². The maximum atomic E-state index is 5.61. The molecule has 4 rings (SSSR count). The van der Waals surface area contributed by atoms with Crippen molar-refractivity contribution in [3.05, 3.63) is 52.5 Å². The van der Waals surface area contributed by atoms with E-state index in [2.05, 4.69) is 37.7 Å². The van der Waals surface area contributed by atoms with Crippen LogP contribution in [0.2, 0.25) is 0 Å². The molecule has 0 aliphatic carbocycles. The number of aromatic nitrogens is 1. The van der Waals surface area contributed by atoms with Crippen LogP contribution in [0.4, 0.5) is 0 Å². The van der Waals surface area contributed by atoms with Crippen molar-refractivity contribution in [2.45, 2.75) is 25.9 Å². The average molecular weight is 372 g/mol. The average Bonchev–Trinajstić information content (AvgIpc) is 3.28. The first-order valence-corrected chi connectivity index (χ1v) is 10.6. The lowest BCUT2D eigenvalue weighted by Crippen LogP contribution is -2.44. The molecule has 140 valence electrons. The number of methoxy groups -OCH3 is 1. The smallest absolute Gasteiger partial charge is 0.0508 e. The van der Waals surface area contributed by atoms with Crippen molar-refractivity contribution in [3.63, 3.8) is 0 Å². The van der Waals surface area contributed by atoms with E-state index in [1.165, 1.54) is 50.1 Å². The summed E-state index contributed by atoms with van der Waals surface area (Å²) in [5, 5.41) is 4.47. The van der Waals surface area contributed by atoms with Crippen molar-refractivity contribution in [1.29, 1.82) is 0 Å². The lowest BCUT2D eigenvalue weighted by molar-refractivity contribution is 0.0350. The molecule has 4 nitrogen and oxygen atoms in total. The van der Waals surface area contributed by atoms with Crippen LogP contribution in [0.15, 0.2) is 41.4 Å². The summed E-state index contributed by atoms with van der Waals surface area (Å²) in [6, 6.07) is 6.48. The summed E-state index contributed by atoms with van der Waals surface area (Å²) in [6.45, 7) is 7.76. The van der Waals surface area contributed by atoms with Crippen molar-refractivity contribution in [1.82, 2.24) is 14.8 Å². The van der Waals surface area contributed by atoms with Gasteiger partial charge in [-0.05, 0) is 65.4 Å². The molecule has 2 aliphatic rings. The third-order valence-corrected chi connectivity index (χ3v) is 6.95. The highest BCUT2D eigenvalue weighted by molar-refractivity contribution is 7.07. The summed E-state index contributed by atoms with van der Waals surface area (Å²) < 4.78 is 5.61. The van der Waals surface area contributed by atoms with Gasteiger partial charge in [-0.2, -0.15) is 11.3 Å². The molecule has 0 unspecified atom stereocenters. The van der Waals surface area contributed by atoms with Crippen LogP contribution < -0.4 is 0 Å². The first-order valence-electron chi connectivity index (χ1n) is 9.61. The summed E-state index contributed by atoms with van der Waals surface area (Å²) in [4.78, 5) is 9.50. The third kappa shape index (κ3) is 4.01. The Labute approximate surface area is 160 Å². The van der Waals surface area contributed by atoms with Crippen LogP contribution in [0.1, 0.15) is 24.0 Å². The minimum absolute atomic E-state index is 0.428. The van der Waals surface area contributed by atoms with E-state index in [-0.39, 0.29) is 0 Å². The quantitative estimate of drug-likeness (QED) is 0.777. The maximum Gasteiger partial charge on any atom is 0.0508 e. The Balaban J connectivity index is 1.38. The molecule has 26 heavy (non-hydrogen) atoms. The molecule has 1 atom stereocenters. The number of hydrogen-bond donors (Lipinski definition) is 0. The van der Waals surface area contributed by atoms with Crippen molar-refractivity contribution < 1.29 is 4.74 Å². The van der Waals surface area contributed by atoms with Gasteiger partial charge >= 0.3 is 0 Å². The van der Waals surface area contributed by atoms with Gasteiger partial charge in [0.2, 0.25) is 0 Å². The Morgan fingerprint density at radius 2 is 2.04 bits per heavy atom. The molecule has 2 aromatic heterocycles. The Bertz CT molecular complexity index is 668. The summed E-state index contributed by atoms with van der Waals surface area (Å²) in [5.74, 6) is 0.659. The molecule has 1 spiro atoms. The van der Waals surface area contributed by atoms with Gasteiger partial charge in [0.1, 0.15) is 0 Å². The predicted molar refractivity (Wildman–Crippen MR) is 106 cm³/mol. The second-order valence-corrected chi connectivity index (χ2v) is 8.73. The molecule has 0 saturated carbocycles. The van der Waals surface area contributed by atoms with Crippen LogP contribution in [0.5, 0.6) is 0 Å². The zero-order chi connectivity index (χ0) is 17.8. The van der Waals surface area contributed by atoms with Crippen LogP contribution in [-0.4, -0.2) is 54.7 Å². The Morgan fingerprint density at radius 3 is 2.73 bits per heavy atom. The molecule has 2 aliphatic heterocycles. The molecule has 5 heteroatoms. The molecule has 2 aromatic rings. The van der Waals surface area contributed by atoms with Gasteiger partial charge in [0.05, 0.1) is 6.61 Å². The van der Waals surface area contributed by atoms with Gasteiger partial charge in [0.15, 0.2) is 0 Å². The molecular weight excluding hydrogens is 342 g/mol. The molecule has 0 amide bonds. The van der Waals surface area contributed by atoms with Gasteiger partial charge in [0.25, 0.3) is 0 Å². The lowest BCUT2D eigenvalue weighted by Gasteiger charge is -2.42. The highest BCUT2D eigenvalue weighted by atomic mass is 32.1. The molecule has 0 bridgehead atoms. The van der Waals surface area contributed by atoms with Crippen molar-refractivity contribution in [2.24, 2.45) is 11.3 Å². The van der Waals surface area contributed by atoms with Gasteiger partial charge in [-0.1, -0.05) is 6.07 Å². The van der Waals surface area contributed by atoms with Crippen LogP contribution in [0.25, 0.3) is 0 Å². The number of ether oxygens (including phenoxy) is 1. The van der Waals surface area contributed by atoms with Crippen molar-refractivity contribution in [2.75, 3.05) is 39.9 Å². The van der Waals surface area contributed by atoms with E-state index >= 15 is 0 Å². The normalized spacial score (nSPS) is 23.7. The van der Waals surface area contributed by atoms with E-state index < -0.39 is 0 Å². The molecule has 4 heterocycles. The van der Waals surface area contributed by atoms with E-state index in [1.807, 2.05) is 25.6 Å². The van der Waals surface area contributed by atoms with E-state index in [4.69, 9.17) is 4.74 Å². The SMILES string of the molecule is COC[C@@H]1CN(Cc2ccsc2)CC12CCN(Cc1cccnc1)CC2. The fourth-order valence-electron chi connectivity index (χ4n) is 4.81. The van der Waals surface area contributed by atoms with E-state index in [1.54, 1.807) is 11.3 Å². The topological polar surface area (TPSA) is 28.6 Å². The number of hydrogen-bond acceptors (Lipinski definition) is 5. The Kier molecular flexibility index (Phi) is 5.69. The second-order valence-electron chi connectivity index (χ2n) is 7.95. The standard InChI is InChI=1S/C21H29N3OS/c1-25-15-20-14-24(13-19-4-10-26-16-19)17-21(20)5-8-23(9-6-21)12-18-3-2-7-22-11-18/h2-4,7,10-11,16,20H,5-6,8-9,12-15,17H2,1H3/t20-/m0/s1. The molecular formula is C21H29N3OS. The maximum absolute atomic E-state index is 5.61. The van der Waals surface area contributed by atoms with Gasteiger partial charge in [-0.25, -0.2) is 0 Å². The Morgan fingerprint density at radius 1 is 1.19 bits per heavy atom. The van der Waals surface area contributed by atoms with Gasteiger partial charge in [0, 0.05) is 51.6 Å². The molecule has 2 saturated heterocycles. The van der Waals surface area contributed by atoms with Crippen LogP contribution in [-0.2, 0) is 17.8 Å². The largest absolute Gasteiger partial charge is 0.384 e. The predicted octanol–water partition coefficient (Wildman–Crippen LogP) is 3.50. The summed E-state index contributed by atoms with van der Waals surface area (Å²) >= 11 is 1.80. The van der Waals surface area contributed by atoms with Crippen molar-refractivity contribution >= 4 is 11.3 Å². The fraction of sp³-hybridized carbons (Fsp3) is 0.571. The number of likely N-dealkylation sites (tertiary alicyclic amines) is 2. The summed E-state index contributed by atoms with van der Waals surface area (Å²) in [7, 11) is 1.85. The van der Waals surface area contributed by atoms with Gasteiger partial charge in [-0.15, -0.1) is 0 Å². The number of pyridine rings is 1.